The molecule has 0 saturated heterocycles. The van der Waals surface area contributed by atoms with Crippen LogP contribution >= 0.6 is 0 Å². The van der Waals surface area contributed by atoms with Crippen molar-refractivity contribution in [1.82, 2.24) is 0 Å². The zero-order valence-corrected chi connectivity index (χ0v) is 29.0. The van der Waals surface area contributed by atoms with Gasteiger partial charge in [0.15, 0.2) is 0 Å². The molecule has 0 saturated carbocycles. The second-order valence-corrected chi connectivity index (χ2v) is 14.4. The summed E-state index contributed by atoms with van der Waals surface area (Å²) in [7, 11) is 0. The first-order valence-electron chi connectivity index (χ1n) is 20.8. The quantitative estimate of drug-likeness (QED) is 0.168. The Balaban J connectivity index is 1.08. The van der Waals surface area contributed by atoms with Crippen molar-refractivity contribution in [2.24, 2.45) is 0 Å². The van der Waals surface area contributed by atoms with Crippen molar-refractivity contribution < 1.29 is 11.3 Å². The molecule has 1 heterocycles. The SMILES string of the molecule is [2H]c1c([2H])c([2H])c(-c2ccc3ccc4c(-c5ccc6c(c5)oc5ccc7c(c56)-c5ccccc5C7(c5ccccc5)c5ccccc5)ccc5ccc2c3c54)c([2H])c1[2H]. The van der Waals surface area contributed by atoms with E-state index in [0.717, 1.165) is 65.4 Å². The molecule has 0 amide bonds. The summed E-state index contributed by atoms with van der Waals surface area (Å²) in [6.45, 7) is 0. The van der Waals surface area contributed by atoms with Crippen LogP contribution in [0.4, 0.5) is 0 Å². The number of hydrogen-bond donors (Lipinski definition) is 0. The minimum absolute atomic E-state index is 0.203. The molecule has 54 heavy (non-hydrogen) atoms. The highest BCUT2D eigenvalue weighted by atomic mass is 16.3. The molecule has 1 aromatic heterocycles. The monoisotopic (exact) mass is 689 g/mol. The Bertz CT molecular complexity index is 3480. The highest BCUT2D eigenvalue weighted by Gasteiger charge is 2.47. The van der Waals surface area contributed by atoms with Crippen LogP contribution in [0.15, 0.2) is 198 Å². The van der Waals surface area contributed by atoms with Crippen LogP contribution in [0.2, 0.25) is 0 Å². The predicted molar refractivity (Wildman–Crippen MR) is 226 cm³/mol. The Hall–Kier alpha value is -6.96. The van der Waals surface area contributed by atoms with Gasteiger partial charge in [-0.3, -0.25) is 0 Å². The normalized spacial score (nSPS) is 14.6. The smallest absolute Gasteiger partial charge is 0.136 e. The van der Waals surface area contributed by atoms with Crippen molar-refractivity contribution in [3.8, 4) is 33.4 Å². The third-order valence-corrected chi connectivity index (χ3v) is 11.8. The molecule has 0 unspecified atom stereocenters. The minimum Gasteiger partial charge on any atom is -0.456 e. The van der Waals surface area contributed by atoms with E-state index >= 15 is 0 Å². The lowest BCUT2D eigenvalue weighted by molar-refractivity contribution is 0.668. The molecule has 0 aliphatic heterocycles. The van der Waals surface area contributed by atoms with E-state index in [2.05, 4.69) is 146 Å². The van der Waals surface area contributed by atoms with Gasteiger partial charge in [0.2, 0.25) is 0 Å². The first-order valence-corrected chi connectivity index (χ1v) is 18.3. The molecule has 1 nitrogen and oxygen atoms in total. The van der Waals surface area contributed by atoms with Crippen LogP contribution in [0.3, 0.4) is 0 Å². The third kappa shape index (κ3) is 3.88. The van der Waals surface area contributed by atoms with Gasteiger partial charge in [0.1, 0.15) is 11.2 Å². The van der Waals surface area contributed by atoms with E-state index in [-0.39, 0.29) is 29.7 Å². The van der Waals surface area contributed by atoms with Crippen LogP contribution in [0.25, 0.3) is 87.6 Å². The van der Waals surface area contributed by atoms with E-state index in [0.29, 0.717) is 5.56 Å². The number of hydrogen-bond acceptors (Lipinski definition) is 1. The van der Waals surface area contributed by atoms with Crippen molar-refractivity contribution in [2.75, 3.05) is 0 Å². The number of furan rings is 1. The van der Waals surface area contributed by atoms with Crippen molar-refractivity contribution in [1.29, 1.82) is 0 Å². The lowest BCUT2D eigenvalue weighted by Gasteiger charge is -2.33. The molecule has 0 atom stereocenters. The van der Waals surface area contributed by atoms with Crippen LogP contribution in [0.1, 0.15) is 29.1 Å². The molecule has 0 spiro atoms. The van der Waals surface area contributed by atoms with Crippen molar-refractivity contribution in [3.05, 3.63) is 216 Å². The van der Waals surface area contributed by atoms with E-state index in [1.165, 1.54) is 33.4 Å². The maximum Gasteiger partial charge on any atom is 0.136 e. The first-order chi connectivity index (χ1) is 28.9. The molecule has 11 aromatic rings. The van der Waals surface area contributed by atoms with Crippen LogP contribution in [-0.2, 0) is 5.41 Å². The third-order valence-electron chi connectivity index (χ3n) is 11.8. The summed E-state index contributed by atoms with van der Waals surface area (Å²) in [6, 6.07) is 56.5. The summed E-state index contributed by atoms with van der Waals surface area (Å²) in [6.07, 6.45) is 0. The second-order valence-electron chi connectivity index (χ2n) is 14.4. The lowest BCUT2D eigenvalue weighted by Crippen LogP contribution is -2.28. The minimum atomic E-state index is -0.504. The average Bonchev–Trinajstić information content (AvgIpc) is 3.81. The highest BCUT2D eigenvalue weighted by molar-refractivity contribution is 6.28. The molecule has 0 N–H and O–H groups in total. The van der Waals surface area contributed by atoms with Gasteiger partial charge >= 0.3 is 0 Å². The fourth-order valence-electron chi connectivity index (χ4n) is 9.62. The maximum absolute atomic E-state index is 8.75. The van der Waals surface area contributed by atoms with Gasteiger partial charge in [0.25, 0.3) is 0 Å². The highest BCUT2D eigenvalue weighted by Crippen LogP contribution is 2.58. The standard InChI is InChI=1S/C53H32O/c1-4-12-33(13-5-1)39-25-20-34-23-28-42-40(26-21-35-22-27-41(39)49(34)50(35)42)36-24-29-44-48(32-36)54-47-31-30-46-51(52(44)47)43-18-10-11-19-45(43)53(46,37-14-6-2-7-15-37)38-16-8-3-9-17-38/h1-32H/i1D,4D,5D,12D,13D. The Morgan fingerprint density at radius 1 is 0.407 bits per heavy atom. The van der Waals surface area contributed by atoms with E-state index in [4.69, 9.17) is 11.3 Å². The van der Waals surface area contributed by atoms with Crippen LogP contribution < -0.4 is 0 Å². The fourth-order valence-corrected chi connectivity index (χ4v) is 9.62. The predicted octanol–water partition coefficient (Wildman–Crippen LogP) is 14.2. The summed E-state index contributed by atoms with van der Waals surface area (Å²) in [5.74, 6) is 0. The zero-order chi connectivity index (χ0) is 39.7. The van der Waals surface area contributed by atoms with E-state index in [1.54, 1.807) is 0 Å². The van der Waals surface area contributed by atoms with Gasteiger partial charge < -0.3 is 4.42 Å². The number of rotatable bonds is 4. The summed E-state index contributed by atoms with van der Waals surface area (Å²) in [5.41, 5.74) is 11.4. The van der Waals surface area contributed by atoms with Crippen LogP contribution in [-0.4, -0.2) is 0 Å². The Morgan fingerprint density at radius 2 is 1.00 bits per heavy atom. The first kappa shape index (κ1) is 25.1. The van der Waals surface area contributed by atoms with Gasteiger partial charge in [-0.2, -0.15) is 0 Å². The van der Waals surface area contributed by atoms with Crippen molar-refractivity contribution in [3.63, 3.8) is 0 Å². The Labute approximate surface area is 319 Å². The lowest BCUT2D eigenvalue weighted by atomic mass is 9.67. The van der Waals surface area contributed by atoms with Crippen LogP contribution in [0, 0.1) is 0 Å². The molecule has 0 bridgehead atoms. The molecule has 1 heteroatoms. The fraction of sp³-hybridized carbons (Fsp3) is 0.0189. The number of benzene rings is 10. The van der Waals surface area contributed by atoms with Crippen molar-refractivity contribution >= 4 is 54.3 Å². The van der Waals surface area contributed by atoms with Gasteiger partial charge in [-0.25, -0.2) is 0 Å². The molecule has 1 aliphatic rings. The Kier molecular flexibility index (Phi) is 5.12. The summed E-state index contributed by atoms with van der Waals surface area (Å²) < 4.78 is 49.2. The van der Waals surface area contributed by atoms with Crippen molar-refractivity contribution in [2.45, 2.75) is 5.41 Å². The molecular weight excluding hydrogens is 653 g/mol. The van der Waals surface area contributed by atoms with Gasteiger partial charge in [-0.1, -0.05) is 176 Å². The summed E-state index contributed by atoms with van der Waals surface area (Å²) in [5, 5.41) is 8.26. The average molecular weight is 690 g/mol. The summed E-state index contributed by atoms with van der Waals surface area (Å²) >= 11 is 0. The molecule has 12 rings (SSSR count). The van der Waals surface area contributed by atoms with Gasteiger partial charge in [-0.05, 0) is 106 Å². The van der Waals surface area contributed by atoms with Gasteiger partial charge in [0.05, 0.1) is 12.3 Å². The molecular formula is C53H32O. The Morgan fingerprint density at radius 3 is 1.69 bits per heavy atom. The molecule has 1 aliphatic carbocycles. The van der Waals surface area contributed by atoms with E-state index in [9.17, 15) is 0 Å². The second kappa shape index (κ2) is 11.0. The topological polar surface area (TPSA) is 13.1 Å². The zero-order valence-electron chi connectivity index (χ0n) is 34.0. The molecule has 10 aromatic carbocycles. The van der Waals surface area contributed by atoms with E-state index < -0.39 is 11.5 Å². The molecule has 0 radical (unpaired) electrons. The van der Waals surface area contributed by atoms with E-state index in [1.807, 2.05) is 18.2 Å². The molecule has 0 fully saturated rings. The maximum atomic E-state index is 8.75. The largest absolute Gasteiger partial charge is 0.456 e. The number of fused-ring (bicyclic) bond motifs is 7. The van der Waals surface area contributed by atoms with Gasteiger partial charge in [0, 0.05) is 10.8 Å². The van der Waals surface area contributed by atoms with Gasteiger partial charge in [-0.15, -0.1) is 0 Å². The van der Waals surface area contributed by atoms with Crippen LogP contribution in [0.5, 0.6) is 0 Å². The summed E-state index contributed by atoms with van der Waals surface area (Å²) in [4.78, 5) is 0. The molecule has 250 valence electrons.